The van der Waals surface area contributed by atoms with Crippen molar-refractivity contribution in [2.75, 3.05) is 57.0 Å². The average Bonchev–Trinajstić information content (AvgIpc) is 2.62. The molecule has 1 amide bonds. The Bertz CT molecular complexity index is 574. The molecule has 2 aliphatic heterocycles. The molecule has 2 N–H and O–H groups in total. The van der Waals surface area contributed by atoms with Crippen LogP contribution in [0.4, 0.5) is 0 Å². The van der Waals surface area contributed by atoms with E-state index in [1.165, 1.54) is 0 Å². The van der Waals surface area contributed by atoms with Gasteiger partial charge in [-0.25, -0.2) is 12.7 Å². The first-order valence-electron chi connectivity index (χ1n) is 8.70. The number of hydrogen-bond acceptors (Lipinski definition) is 5. The number of nitrogens with one attached hydrogen (secondary N) is 2. The molecule has 11 heteroatoms. The predicted octanol–water partition coefficient (Wildman–Crippen LogP) is 0.159. The second-order valence-electron chi connectivity index (χ2n) is 6.25. The molecule has 0 atom stereocenters. The molecular weight excluding hydrogens is 489 g/mol. The third kappa shape index (κ3) is 7.39. The Labute approximate surface area is 178 Å². The topological polar surface area (TPSA) is 94.1 Å². The lowest BCUT2D eigenvalue weighted by molar-refractivity contribution is -0.129. The normalized spacial score (nSPS) is 20.4. The van der Waals surface area contributed by atoms with Gasteiger partial charge in [0.2, 0.25) is 15.9 Å². The second-order valence-corrected chi connectivity index (χ2v) is 9.56. The Morgan fingerprint density at radius 1 is 1.19 bits per heavy atom. The van der Waals surface area contributed by atoms with Gasteiger partial charge in [0.1, 0.15) is 0 Å². The van der Waals surface area contributed by atoms with Crippen molar-refractivity contribution in [3.8, 4) is 0 Å². The van der Waals surface area contributed by atoms with Gasteiger partial charge in [-0.15, -0.1) is 24.0 Å². The zero-order valence-electron chi connectivity index (χ0n) is 15.4. The van der Waals surface area contributed by atoms with Crippen molar-refractivity contribution in [2.45, 2.75) is 25.8 Å². The quantitative estimate of drug-likeness (QED) is 0.306. The van der Waals surface area contributed by atoms with Crippen LogP contribution in [0, 0.1) is 0 Å². The van der Waals surface area contributed by atoms with Crippen LogP contribution in [0.2, 0.25) is 0 Å². The number of aliphatic imine (C=N–C) groups is 1. The van der Waals surface area contributed by atoms with Crippen LogP contribution in [0.3, 0.4) is 0 Å². The van der Waals surface area contributed by atoms with Gasteiger partial charge in [-0.05, 0) is 12.8 Å². The summed E-state index contributed by atoms with van der Waals surface area (Å²) in [4.78, 5) is 17.4. The Hall–Kier alpha value is -0.270. The summed E-state index contributed by atoms with van der Waals surface area (Å²) in [7, 11) is -1.53. The highest BCUT2D eigenvalue weighted by molar-refractivity contribution is 14.0. The van der Waals surface area contributed by atoms with E-state index < -0.39 is 10.0 Å². The fraction of sp³-hybridized carbons (Fsp3) is 0.867. The van der Waals surface area contributed by atoms with Gasteiger partial charge in [0.15, 0.2) is 5.96 Å². The van der Waals surface area contributed by atoms with Gasteiger partial charge in [0, 0.05) is 64.2 Å². The maximum atomic E-state index is 12.3. The van der Waals surface area contributed by atoms with Gasteiger partial charge in [-0.2, -0.15) is 11.8 Å². The van der Waals surface area contributed by atoms with Crippen molar-refractivity contribution >= 4 is 57.6 Å². The summed E-state index contributed by atoms with van der Waals surface area (Å²) in [5.74, 6) is 2.54. The number of nitrogens with zero attached hydrogens (tertiary/aromatic N) is 3. The van der Waals surface area contributed by atoms with E-state index in [0.29, 0.717) is 25.6 Å². The summed E-state index contributed by atoms with van der Waals surface area (Å²) in [5, 5.41) is 6.41. The number of carbonyl (C=O) groups is 1. The largest absolute Gasteiger partial charge is 0.355 e. The summed E-state index contributed by atoms with van der Waals surface area (Å²) in [6.45, 7) is 4.62. The Morgan fingerprint density at radius 3 is 2.35 bits per heavy atom. The Morgan fingerprint density at radius 2 is 1.81 bits per heavy atom. The van der Waals surface area contributed by atoms with Crippen LogP contribution in [-0.4, -0.2) is 92.6 Å². The minimum absolute atomic E-state index is 0. The fourth-order valence-corrected chi connectivity index (χ4v) is 5.47. The van der Waals surface area contributed by atoms with Crippen molar-refractivity contribution < 1.29 is 13.2 Å². The number of hydrogen-bond donors (Lipinski definition) is 2. The van der Waals surface area contributed by atoms with Crippen LogP contribution in [-0.2, 0) is 14.8 Å². The predicted molar refractivity (Wildman–Crippen MR) is 118 cm³/mol. The average molecular weight is 519 g/mol. The standard InChI is InChI=1S/C15H29N5O3S2.HI/c1-13(21)19-6-3-14(4-7-19)18-15(16-2)17-5-12-25(22,23)20-8-10-24-11-9-20;/h14H,3-12H2,1-2H3,(H2,16,17,18);1H. The summed E-state index contributed by atoms with van der Waals surface area (Å²) < 4.78 is 26.2. The fourth-order valence-electron chi connectivity index (χ4n) is 2.98. The molecule has 0 radical (unpaired) electrons. The number of amides is 1. The zero-order valence-corrected chi connectivity index (χ0v) is 19.4. The van der Waals surface area contributed by atoms with Crippen LogP contribution in [0.15, 0.2) is 4.99 Å². The van der Waals surface area contributed by atoms with E-state index in [0.717, 1.165) is 37.4 Å². The zero-order chi connectivity index (χ0) is 18.3. The first-order chi connectivity index (χ1) is 11.9. The van der Waals surface area contributed by atoms with Gasteiger partial charge in [-0.1, -0.05) is 0 Å². The minimum Gasteiger partial charge on any atom is -0.355 e. The molecule has 0 aromatic heterocycles. The Kier molecular flexibility index (Phi) is 10.6. The van der Waals surface area contributed by atoms with Crippen molar-refractivity contribution in [2.24, 2.45) is 4.99 Å². The highest BCUT2D eigenvalue weighted by Gasteiger charge is 2.24. The number of likely N-dealkylation sites (tertiary alicyclic amines) is 1. The summed E-state index contributed by atoms with van der Waals surface area (Å²) >= 11 is 1.79. The molecule has 0 aromatic carbocycles. The third-order valence-electron chi connectivity index (χ3n) is 4.52. The van der Waals surface area contributed by atoms with Crippen molar-refractivity contribution in [1.82, 2.24) is 19.8 Å². The van der Waals surface area contributed by atoms with E-state index >= 15 is 0 Å². The van der Waals surface area contributed by atoms with E-state index in [4.69, 9.17) is 0 Å². The van der Waals surface area contributed by atoms with E-state index in [1.54, 1.807) is 30.0 Å². The SMILES string of the molecule is CN=C(NCCS(=O)(=O)N1CCSCC1)NC1CCN(C(C)=O)CC1.I. The number of halogens is 1. The molecule has 2 rings (SSSR count). The van der Waals surface area contributed by atoms with Crippen molar-refractivity contribution in [3.63, 3.8) is 0 Å². The first-order valence-corrected chi connectivity index (χ1v) is 11.5. The summed E-state index contributed by atoms with van der Waals surface area (Å²) in [6, 6.07) is 0.248. The van der Waals surface area contributed by atoms with Gasteiger partial charge in [0.05, 0.1) is 5.75 Å². The van der Waals surface area contributed by atoms with Crippen LogP contribution in [0.5, 0.6) is 0 Å². The molecule has 0 saturated carbocycles. The monoisotopic (exact) mass is 519 g/mol. The van der Waals surface area contributed by atoms with E-state index in [-0.39, 0.29) is 41.7 Å². The maximum absolute atomic E-state index is 12.3. The number of carbonyl (C=O) groups excluding carboxylic acids is 1. The van der Waals surface area contributed by atoms with Crippen molar-refractivity contribution in [3.05, 3.63) is 0 Å². The van der Waals surface area contributed by atoms with Gasteiger partial charge in [-0.3, -0.25) is 9.79 Å². The number of piperidine rings is 1. The van der Waals surface area contributed by atoms with Gasteiger partial charge in [0.25, 0.3) is 0 Å². The molecule has 8 nitrogen and oxygen atoms in total. The van der Waals surface area contributed by atoms with Crippen molar-refractivity contribution in [1.29, 1.82) is 0 Å². The maximum Gasteiger partial charge on any atom is 0.219 e. The first kappa shape index (κ1) is 23.8. The minimum atomic E-state index is -3.21. The van der Waals surface area contributed by atoms with Gasteiger partial charge >= 0.3 is 0 Å². The molecule has 152 valence electrons. The summed E-state index contributed by atoms with van der Waals surface area (Å²) in [6.07, 6.45) is 1.73. The number of thioether (sulfide) groups is 1. The molecule has 26 heavy (non-hydrogen) atoms. The molecule has 2 aliphatic rings. The molecule has 0 bridgehead atoms. The highest BCUT2D eigenvalue weighted by atomic mass is 127. The lowest BCUT2D eigenvalue weighted by Gasteiger charge is -2.32. The van der Waals surface area contributed by atoms with Gasteiger partial charge < -0.3 is 15.5 Å². The smallest absolute Gasteiger partial charge is 0.219 e. The lowest BCUT2D eigenvalue weighted by atomic mass is 10.1. The molecule has 0 unspecified atom stereocenters. The highest BCUT2D eigenvalue weighted by Crippen LogP contribution is 2.13. The molecule has 2 saturated heterocycles. The van der Waals surface area contributed by atoms with E-state index in [9.17, 15) is 13.2 Å². The third-order valence-corrected chi connectivity index (χ3v) is 7.34. The van der Waals surface area contributed by atoms with E-state index in [1.807, 2.05) is 4.90 Å². The van der Waals surface area contributed by atoms with Crippen LogP contribution in [0.25, 0.3) is 0 Å². The summed E-state index contributed by atoms with van der Waals surface area (Å²) in [5.41, 5.74) is 0. The molecular formula is C15H30IN5O3S2. The number of guanidine groups is 1. The molecule has 0 aromatic rings. The molecule has 0 spiro atoms. The Balaban J connectivity index is 0.00000338. The number of sulfonamides is 1. The number of rotatable bonds is 5. The molecule has 2 fully saturated rings. The second kappa shape index (κ2) is 11.5. The van der Waals surface area contributed by atoms with Crippen LogP contribution < -0.4 is 10.6 Å². The van der Waals surface area contributed by atoms with E-state index in [2.05, 4.69) is 15.6 Å². The molecule has 2 heterocycles. The lowest BCUT2D eigenvalue weighted by Crippen LogP contribution is -2.50. The van der Waals surface area contributed by atoms with Crippen LogP contribution in [0.1, 0.15) is 19.8 Å². The van der Waals surface area contributed by atoms with Crippen LogP contribution >= 0.6 is 35.7 Å². The molecule has 0 aliphatic carbocycles.